The normalized spacial score (nSPS) is 22.2. The lowest BCUT2D eigenvalue weighted by Crippen LogP contribution is -2.34. The van der Waals surface area contributed by atoms with Crippen LogP contribution in [0.1, 0.15) is 29.5 Å². The van der Waals surface area contributed by atoms with Crippen LogP contribution in [-0.2, 0) is 0 Å². The number of nitrogens with two attached hydrogens (primary N) is 1. The van der Waals surface area contributed by atoms with Gasteiger partial charge in [0.1, 0.15) is 11.4 Å². The molecular weight excluding hydrogens is 271 g/mol. The number of carbonyl (C=O) groups excluding carboxylic acids is 1. The number of furan rings is 1. The second kappa shape index (κ2) is 4.84. The van der Waals surface area contributed by atoms with Crippen molar-refractivity contribution in [3.05, 3.63) is 35.3 Å². The van der Waals surface area contributed by atoms with Gasteiger partial charge in [-0.1, -0.05) is 6.92 Å². The van der Waals surface area contributed by atoms with Crippen molar-refractivity contribution in [2.45, 2.75) is 20.3 Å². The molecule has 1 aromatic heterocycles. The number of nitrogens with zero attached hydrogens (tertiary/aromatic N) is 1. The lowest BCUT2D eigenvalue weighted by molar-refractivity contribution is 0.0746. The Labute approximate surface area is 122 Å². The maximum Gasteiger partial charge on any atom is 0.289 e. The molecule has 5 heteroatoms. The van der Waals surface area contributed by atoms with Gasteiger partial charge in [0, 0.05) is 24.0 Å². The number of hydrogen-bond donors (Lipinski definition) is 1. The summed E-state index contributed by atoms with van der Waals surface area (Å²) in [7, 11) is 0. The van der Waals surface area contributed by atoms with Crippen LogP contribution in [-0.4, -0.2) is 30.4 Å². The Kier molecular flexibility index (Phi) is 3.24. The molecular formula is C16H19FN2O2. The molecule has 2 heterocycles. The quantitative estimate of drug-likeness (QED) is 0.925. The highest BCUT2D eigenvalue weighted by molar-refractivity contribution is 5.99. The number of amides is 1. The molecule has 1 saturated heterocycles. The average Bonchev–Trinajstić information content (AvgIpc) is 3.01. The van der Waals surface area contributed by atoms with Crippen LogP contribution in [0.5, 0.6) is 0 Å². The van der Waals surface area contributed by atoms with Crippen molar-refractivity contribution >= 4 is 16.9 Å². The largest absolute Gasteiger partial charge is 0.451 e. The smallest absolute Gasteiger partial charge is 0.289 e. The summed E-state index contributed by atoms with van der Waals surface area (Å²) in [5.74, 6) is -0.166. The Bertz CT molecular complexity index is 710. The zero-order chi connectivity index (χ0) is 15.2. The third kappa shape index (κ3) is 2.31. The molecule has 0 saturated carbocycles. The van der Waals surface area contributed by atoms with E-state index in [-0.39, 0.29) is 17.1 Å². The van der Waals surface area contributed by atoms with Crippen LogP contribution < -0.4 is 5.73 Å². The molecule has 0 aliphatic carbocycles. The SMILES string of the molecule is Cc1c(C(=O)N2CCC(C)(CN)C2)oc2ccc(F)cc12. The first-order valence-electron chi connectivity index (χ1n) is 7.11. The molecule has 1 atom stereocenters. The highest BCUT2D eigenvalue weighted by Crippen LogP contribution is 2.32. The third-order valence-electron chi connectivity index (χ3n) is 4.43. The summed E-state index contributed by atoms with van der Waals surface area (Å²) in [5.41, 5.74) is 6.98. The predicted molar refractivity (Wildman–Crippen MR) is 78.6 cm³/mol. The van der Waals surface area contributed by atoms with E-state index in [1.165, 1.54) is 12.1 Å². The zero-order valence-corrected chi connectivity index (χ0v) is 12.3. The standard InChI is InChI=1S/C16H19FN2O2/c1-10-12-7-11(17)3-4-13(12)21-14(10)15(20)19-6-5-16(2,8-18)9-19/h3-4,7H,5-6,8-9,18H2,1-2H3. The molecule has 0 spiro atoms. The molecule has 2 aromatic rings. The number of rotatable bonds is 2. The van der Waals surface area contributed by atoms with Crippen LogP contribution in [0.2, 0.25) is 0 Å². The summed E-state index contributed by atoms with van der Waals surface area (Å²) >= 11 is 0. The van der Waals surface area contributed by atoms with Crippen LogP contribution >= 0.6 is 0 Å². The molecule has 1 aliphatic heterocycles. The van der Waals surface area contributed by atoms with Gasteiger partial charge in [-0.05, 0) is 43.5 Å². The second-order valence-corrected chi connectivity index (χ2v) is 6.19. The average molecular weight is 290 g/mol. The number of benzene rings is 1. The fourth-order valence-electron chi connectivity index (χ4n) is 2.90. The first kappa shape index (κ1) is 14.1. The van der Waals surface area contributed by atoms with E-state index in [4.69, 9.17) is 10.2 Å². The molecule has 1 unspecified atom stereocenters. The number of hydrogen-bond acceptors (Lipinski definition) is 3. The summed E-state index contributed by atoms with van der Waals surface area (Å²) in [5, 5.41) is 0.652. The van der Waals surface area contributed by atoms with Crippen LogP contribution in [0.3, 0.4) is 0 Å². The van der Waals surface area contributed by atoms with Gasteiger partial charge in [0.25, 0.3) is 5.91 Å². The predicted octanol–water partition coefficient (Wildman–Crippen LogP) is 2.69. The van der Waals surface area contributed by atoms with E-state index < -0.39 is 0 Å². The number of halogens is 1. The molecule has 21 heavy (non-hydrogen) atoms. The van der Waals surface area contributed by atoms with Crippen molar-refractivity contribution in [3.8, 4) is 0 Å². The van der Waals surface area contributed by atoms with E-state index in [1.54, 1.807) is 17.9 Å². The highest BCUT2D eigenvalue weighted by atomic mass is 19.1. The zero-order valence-electron chi connectivity index (χ0n) is 12.3. The number of likely N-dealkylation sites (tertiary alicyclic amines) is 1. The van der Waals surface area contributed by atoms with Crippen molar-refractivity contribution in [3.63, 3.8) is 0 Å². The molecule has 4 nitrogen and oxygen atoms in total. The Morgan fingerprint density at radius 2 is 2.29 bits per heavy atom. The molecule has 1 fully saturated rings. The topological polar surface area (TPSA) is 59.5 Å². The van der Waals surface area contributed by atoms with E-state index in [2.05, 4.69) is 6.92 Å². The Morgan fingerprint density at radius 3 is 2.95 bits per heavy atom. The fourth-order valence-corrected chi connectivity index (χ4v) is 2.90. The van der Waals surface area contributed by atoms with Gasteiger partial charge in [-0.2, -0.15) is 0 Å². The van der Waals surface area contributed by atoms with Gasteiger partial charge in [0.05, 0.1) is 0 Å². The van der Waals surface area contributed by atoms with Gasteiger partial charge in [0.2, 0.25) is 0 Å². The van der Waals surface area contributed by atoms with Crippen molar-refractivity contribution in [1.82, 2.24) is 4.90 Å². The van der Waals surface area contributed by atoms with Crippen LogP contribution in [0.4, 0.5) is 4.39 Å². The number of carbonyl (C=O) groups is 1. The minimum absolute atomic E-state index is 0.0261. The van der Waals surface area contributed by atoms with Crippen LogP contribution in [0.15, 0.2) is 22.6 Å². The summed E-state index contributed by atoms with van der Waals surface area (Å²) in [6, 6.07) is 4.29. The van der Waals surface area contributed by atoms with E-state index >= 15 is 0 Å². The lowest BCUT2D eigenvalue weighted by Gasteiger charge is -2.22. The molecule has 2 N–H and O–H groups in total. The fraction of sp³-hybridized carbons (Fsp3) is 0.438. The van der Waals surface area contributed by atoms with Crippen molar-refractivity contribution in [2.75, 3.05) is 19.6 Å². The van der Waals surface area contributed by atoms with Crippen LogP contribution in [0.25, 0.3) is 11.0 Å². The Balaban J connectivity index is 1.94. The highest BCUT2D eigenvalue weighted by Gasteiger charge is 2.36. The first-order chi connectivity index (χ1) is 9.93. The number of fused-ring (bicyclic) bond motifs is 1. The van der Waals surface area contributed by atoms with Gasteiger partial charge in [-0.3, -0.25) is 4.79 Å². The van der Waals surface area contributed by atoms with Gasteiger partial charge in [0.15, 0.2) is 5.76 Å². The van der Waals surface area contributed by atoms with E-state index in [1.807, 2.05) is 0 Å². The van der Waals surface area contributed by atoms with E-state index in [0.717, 1.165) is 6.42 Å². The first-order valence-corrected chi connectivity index (χ1v) is 7.11. The molecule has 3 rings (SSSR count). The van der Waals surface area contributed by atoms with Crippen molar-refractivity contribution in [1.29, 1.82) is 0 Å². The maximum atomic E-state index is 13.3. The third-order valence-corrected chi connectivity index (χ3v) is 4.43. The summed E-state index contributed by atoms with van der Waals surface area (Å²) in [6.45, 7) is 5.74. The van der Waals surface area contributed by atoms with Crippen molar-refractivity contribution in [2.24, 2.45) is 11.1 Å². The Hall–Kier alpha value is -1.88. The minimum atomic E-state index is -0.331. The summed E-state index contributed by atoms with van der Waals surface area (Å²) < 4.78 is 19.0. The van der Waals surface area contributed by atoms with E-state index in [0.29, 0.717) is 41.9 Å². The van der Waals surface area contributed by atoms with Gasteiger partial charge in [-0.25, -0.2) is 4.39 Å². The Morgan fingerprint density at radius 1 is 1.52 bits per heavy atom. The molecule has 1 amide bonds. The summed E-state index contributed by atoms with van der Waals surface area (Å²) in [6.07, 6.45) is 0.892. The van der Waals surface area contributed by atoms with Crippen molar-refractivity contribution < 1.29 is 13.6 Å². The second-order valence-electron chi connectivity index (χ2n) is 6.19. The molecule has 1 aromatic carbocycles. The maximum absolute atomic E-state index is 13.3. The van der Waals surface area contributed by atoms with Crippen LogP contribution in [0, 0.1) is 18.2 Å². The summed E-state index contributed by atoms with van der Waals surface area (Å²) in [4.78, 5) is 14.4. The molecule has 1 aliphatic rings. The molecule has 112 valence electrons. The van der Waals surface area contributed by atoms with Gasteiger partial charge in [-0.15, -0.1) is 0 Å². The molecule has 0 radical (unpaired) electrons. The van der Waals surface area contributed by atoms with Gasteiger partial charge >= 0.3 is 0 Å². The number of aryl methyl sites for hydroxylation is 1. The monoisotopic (exact) mass is 290 g/mol. The minimum Gasteiger partial charge on any atom is -0.451 e. The van der Waals surface area contributed by atoms with E-state index in [9.17, 15) is 9.18 Å². The van der Waals surface area contributed by atoms with Gasteiger partial charge < -0.3 is 15.1 Å². The lowest BCUT2D eigenvalue weighted by atomic mass is 9.90. The molecule has 0 bridgehead atoms.